The summed E-state index contributed by atoms with van der Waals surface area (Å²) in [6, 6.07) is 8.37. The fourth-order valence-corrected chi connectivity index (χ4v) is 2.72. The van der Waals surface area contributed by atoms with Gasteiger partial charge in [0.2, 0.25) is 0 Å². The molecule has 1 aromatic rings. The normalized spacial score (nSPS) is 21.1. The molecule has 1 aromatic carbocycles. The molecule has 3 heteroatoms. The maximum absolute atomic E-state index is 12.6. The number of carbonyl (C=O) groups is 1. The third-order valence-corrected chi connectivity index (χ3v) is 4.09. The van der Waals surface area contributed by atoms with Crippen molar-refractivity contribution in [1.29, 1.82) is 0 Å². The number of benzene rings is 1. The minimum absolute atomic E-state index is 0.128. The van der Waals surface area contributed by atoms with Gasteiger partial charge in [0.1, 0.15) is 0 Å². The maximum atomic E-state index is 12.6. The van der Waals surface area contributed by atoms with Crippen LogP contribution in [-0.4, -0.2) is 48.4 Å². The van der Waals surface area contributed by atoms with Crippen molar-refractivity contribution in [3.05, 3.63) is 35.4 Å². The summed E-state index contributed by atoms with van der Waals surface area (Å²) in [6.45, 7) is 11.4. The molecular weight excluding hydrogens is 248 g/mol. The zero-order chi connectivity index (χ0) is 14.9. The zero-order valence-electron chi connectivity index (χ0n) is 13.3. The van der Waals surface area contributed by atoms with Gasteiger partial charge in [-0.05, 0) is 37.1 Å². The molecule has 1 saturated heterocycles. The van der Waals surface area contributed by atoms with E-state index in [1.165, 1.54) is 5.56 Å². The number of rotatable bonds is 1. The monoisotopic (exact) mass is 274 g/mol. The molecule has 0 N–H and O–H groups in total. The van der Waals surface area contributed by atoms with Gasteiger partial charge in [-0.15, -0.1) is 0 Å². The molecule has 0 aromatic heterocycles. The van der Waals surface area contributed by atoms with Crippen molar-refractivity contribution in [2.45, 2.75) is 39.2 Å². The number of piperazine rings is 1. The minimum Gasteiger partial charge on any atom is -0.333 e. The van der Waals surface area contributed by atoms with Crippen LogP contribution in [0.1, 0.15) is 43.6 Å². The fourth-order valence-electron chi connectivity index (χ4n) is 2.72. The van der Waals surface area contributed by atoms with Crippen molar-refractivity contribution < 1.29 is 4.79 Å². The lowest BCUT2D eigenvalue weighted by molar-refractivity contribution is 0.0533. The first-order chi connectivity index (χ1) is 9.29. The summed E-state index contributed by atoms with van der Waals surface area (Å²) < 4.78 is 0. The van der Waals surface area contributed by atoms with Gasteiger partial charge in [0, 0.05) is 31.2 Å². The highest BCUT2D eigenvalue weighted by atomic mass is 16.2. The summed E-state index contributed by atoms with van der Waals surface area (Å²) in [5.74, 6) is 0.158. The number of hydrogen-bond donors (Lipinski definition) is 0. The van der Waals surface area contributed by atoms with Gasteiger partial charge in [-0.2, -0.15) is 0 Å². The second-order valence-corrected chi connectivity index (χ2v) is 6.94. The van der Waals surface area contributed by atoms with E-state index in [2.05, 4.69) is 51.8 Å². The largest absolute Gasteiger partial charge is 0.333 e. The molecule has 1 unspecified atom stereocenters. The Balaban J connectivity index is 2.13. The minimum atomic E-state index is 0.128. The van der Waals surface area contributed by atoms with Gasteiger partial charge >= 0.3 is 0 Å². The van der Waals surface area contributed by atoms with E-state index in [1.54, 1.807) is 0 Å². The summed E-state index contributed by atoms with van der Waals surface area (Å²) in [4.78, 5) is 16.9. The number of likely N-dealkylation sites (N-methyl/N-ethyl adjacent to an activating group) is 1. The predicted molar refractivity (Wildman–Crippen MR) is 83.1 cm³/mol. The second-order valence-electron chi connectivity index (χ2n) is 6.94. The average molecular weight is 274 g/mol. The second kappa shape index (κ2) is 5.57. The average Bonchev–Trinajstić information content (AvgIpc) is 2.37. The molecule has 110 valence electrons. The van der Waals surface area contributed by atoms with E-state index in [0.717, 1.165) is 25.2 Å². The molecule has 1 amide bonds. The highest BCUT2D eigenvalue weighted by Gasteiger charge is 2.26. The van der Waals surface area contributed by atoms with Crippen molar-refractivity contribution >= 4 is 5.91 Å². The number of hydrogen-bond acceptors (Lipinski definition) is 2. The first-order valence-electron chi connectivity index (χ1n) is 7.39. The lowest BCUT2D eigenvalue weighted by Crippen LogP contribution is -2.52. The van der Waals surface area contributed by atoms with E-state index < -0.39 is 0 Å². The quantitative estimate of drug-likeness (QED) is 0.786. The van der Waals surface area contributed by atoms with Crippen LogP contribution in [0, 0.1) is 0 Å². The van der Waals surface area contributed by atoms with Gasteiger partial charge < -0.3 is 9.80 Å². The molecule has 0 radical (unpaired) electrons. The molecule has 1 heterocycles. The van der Waals surface area contributed by atoms with E-state index in [1.807, 2.05) is 17.0 Å². The van der Waals surface area contributed by atoms with Gasteiger partial charge in [0.05, 0.1) is 0 Å². The summed E-state index contributed by atoms with van der Waals surface area (Å²) in [5, 5.41) is 0. The maximum Gasteiger partial charge on any atom is 0.254 e. The van der Waals surface area contributed by atoms with Crippen LogP contribution in [0.4, 0.5) is 0 Å². The van der Waals surface area contributed by atoms with Crippen LogP contribution < -0.4 is 0 Å². The highest BCUT2D eigenvalue weighted by molar-refractivity contribution is 5.94. The van der Waals surface area contributed by atoms with Crippen LogP contribution in [0.15, 0.2) is 24.3 Å². The Labute approximate surface area is 122 Å². The smallest absolute Gasteiger partial charge is 0.254 e. The Morgan fingerprint density at radius 1 is 1.15 bits per heavy atom. The van der Waals surface area contributed by atoms with Crippen LogP contribution in [-0.2, 0) is 5.41 Å². The molecule has 0 saturated carbocycles. The van der Waals surface area contributed by atoms with Gasteiger partial charge in [-0.1, -0.05) is 32.9 Å². The Hall–Kier alpha value is -1.35. The summed E-state index contributed by atoms with van der Waals surface area (Å²) in [7, 11) is 2.11. The van der Waals surface area contributed by atoms with Gasteiger partial charge in [0.15, 0.2) is 0 Å². The molecule has 2 rings (SSSR count). The molecule has 20 heavy (non-hydrogen) atoms. The predicted octanol–water partition coefficient (Wildman–Crippen LogP) is 2.76. The van der Waals surface area contributed by atoms with Crippen molar-refractivity contribution in [2.75, 3.05) is 26.7 Å². The third kappa shape index (κ3) is 3.21. The van der Waals surface area contributed by atoms with E-state index >= 15 is 0 Å². The third-order valence-electron chi connectivity index (χ3n) is 4.09. The lowest BCUT2D eigenvalue weighted by Gasteiger charge is -2.38. The van der Waals surface area contributed by atoms with Crippen LogP contribution in [0.3, 0.4) is 0 Å². The Kier molecular flexibility index (Phi) is 4.19. The fraction of sp³-hybridized carbons (Fsp3) is 0.588. The highest BCUT2D eigenvalue weighted by Crippen LogP contribution is 2.23. The lowest BCUT2D eigenvalue weighted by atomic mass is 9.86. The van der Waals surface area contributed by atoms with Crippen molar-refractivity contribution in [3.63, 3.8) is 0 Å². The zero-order valence-corrected chi connectivity index (χ0v) is 13.3. The van der Waals surface area contributed by atoms with Crippen LogP contribution in [0.2, 0.25) is 0 Å². The molecular formula is C17H26N2O. The Bertz CT molecular complexity index is 473. The molecule has 1 aliphatic rings. The van der Waals surface area contributed by atoms with E-state index in [-0.39, 0.29) is 17.4 Å². The van der Waals surface area contributed by atoms with E-state index in [0.29, 0.717) is 0 Å². The first-order valence-corrected chi connectivity index (χ1v) is 7.39. The van der Waals surface area contributed by atoms with Crippen molar-refractivity contribution in [3.8, 4) is 0 Å². The number of nitrogens with zero attached hydrogens (tertiary/aromatic N) is 2. The van der Waals surface area contributed by atoms with Crippen LogP contribution in [0.5, 0.6) is 0 Å². The molecule has 1 atom stereocenters. The summed E-state index contributed by atoms with van der Waals surface area (Å²) in [6.07, 6.45) is 0. The molecule has 3 nitrogen and oxygen atoms in total. The van der Waals surface area contributed by atoms with Gasteiger partial charge in [0.25, 0.3) is 5.91 Å². The molecule has 1 aliphatic heterocycles. The van der Waals surface area contributed by atoms with Crippen molar-refractivity contribution in [1.82, 2.24) is 9.80 Å². The SMILES string of the molecule is CC1CN(C)CCN1C(=O)c1ccc(C(C)(C)C)cc1. The molecule has 0 aliphatic carbocycles. The van der Waals surface area contributed by atoms with Gasteiger partial charge in [-0.3, -0.25) is 4.79 Å². The molecule has 0 spiro atoms. The summed E-state index contributed by atoms with van der Waals surface area (Å²) >= 11 is 0. The van der Waals surface area contributed by atoms with E-state index in [4.69, 9.17) is 0 Å². The summed E-state index contributed by atoms with van der Waals surface area (Å²) in [5.41, 5.74) is 2.19. The van der Waals surface area contributed by atoms with Crippen LogP contribution >= 0.6 is 0 Å². The van der Waals surface area contributed by atoms with Crippen molar-refractivity contribution in [2.24, 2.45) is 0 Å². The Morgan fingerprint density at radius 3 is 2.25 bits per heavy atom. The first kappa shape index (κ1) is 15.0. The standard InChI is InChI=1S/C17H26N2O/c1-13-12-18(5)10-11-19(13)16(20)14-6-8-15(9-7-14)17(2,3)4/h6-9,13H,10-12H2,1-5H3. The van der Waals surface area contributed by atoms with Crippen LogP contribution in [0.25, 0.3) is 0 Å². The van der Waals surface area contributed by atoms with E-state index in [9.17, 15) is 4.79 Å². The number of amides is 1. The Morgan fingerprint density at radius 2 is 1.75 bits per heavy atom. The topological polar surface area (TPSA) is 23.6 Å². The molecule has 0 bridgehead atoms. The number of carbonyl (C=O) groups excluding carboxylic acids is 1. The van der Waals surface area contributed by atoms with Gasteiger partial charge in [-0.25, -0.2) is 0 Å². The molecule has 1 fully saturated rings.